The van der Waals surface area contributed by atoms with Crippen LogP contribution >= 0.6 is 0 Å². The first-order valence-corrected chi connectivity index (χ1v) is 10.1. The molecule has 1 unspecified atom stereocenters. The van der Waals surface area contributed by atoms with Gasteiger partial charge in [-0.2, -0.15) is 0 Å². The Morgan fingerprint density at radius 2 is 1.25 bits per heavy atom. The molecular weight excluding hydrogens is 296 g/mol. The molecule has 0 aliphatic carbocycles. The molecule has 2 aliphatic heterocycles. The van der Waals surface area contributed by atoms with Crippen molar-refractivity contribution in [3.05, 3.63) is 0 Å². The molecule has 2 rings (SSSR count). The second kappa shape index (κ2) is 14.1. The van der Waals surface area contributed by atoms with Gasteiger partial charge >= 0.3 is 0 Å². The van der Waals surface area contributed by atoms with Gasteiger partial charge in [-0.3, -0.25) is 4.90 Å². The maximum absolute atomic E-state index is 2.75. The third kappa shape index (κ3) is 10.7. The topological polar surface area (TPSA) is 21.8 Å². The molecule has 0 aromatic rings. The molecule has 146 valence electrons. The molecule has 2 aliphatic rings. The summed E-state index contributed by atoms with van der Waals surface area (Å²) in [6, 6.07) is 2.26. The molecule has 2 saturated heterocycles. The van der Waals surface area contributed by atoms with Crippen LogP contribution in [0.5, 0.6) is 0 Å². The molecule has 1 atom stereocenters. The van der Waals surface area contributed by atoms with Crippen molar-refractivity contribution in [2.45, 2.75) is 77.9 Å². The van der Waals surface area contributed by atoms with Gasteiger partial charge < -0.3 is 15.1 Å². The van der Waals surface area contributed by atoms with E-state index in [1.807, 2.05) is 14.1 Å². The number of nitrogens with zero attached hydrogens (tertiary/aromatic N) is 3. The van der Waals surface area contributed by atoms with Crippen LogP contribution in [0.2, 0.25) is 0 Å². The smallest absolute Gasteiger partial charge is 0.0217 e. The standard InChI is InChI=1S/C10H22N2.C8H17N.C2H7N/c1-9(2)12-7-5-6-10(8-12)11(3)4;1-8(2)9-6-4-3-5-7-9;1-3-2/h9-10H,5-8H2,1-4H3;8H,3-7H2,1-2H3;3H,1-2H3. The van der Waals surface area contributed by atoms with Gasteiger partial charge in [0.15, 0.2) is 0 Å². The highest BCUT2D eigenvalue weighted by Gasteiger charge is 2.22. The molecule has 0 bridgehead atoms. The van der Waals surface area contributed by atoms with E-state index in [0.717, 1.165) is 12.1 Å². The van der Waals surface area contributed by atoms with Crippen LogP contribution in [-0.4, -0.2) is 87.2 Å². The number of likely N-dealkylation sites (N-methyl/N-ethyl adjacent to an activating group) is 1. The monoisotopic (exact) mass is 342 g/mol. The van der Waals surface area contributed by atoms with Gasteiger partial charge in [0.2, 0.25) is 0 Å². The summed E-state index contributed by atoms with van der Waals surface area (Å²) in [4.78, 5) is 7.49. The number of likely N-dealkylation sites (tertiary alicyclic amines) is 2. The normalized spacial score (nSPS) is 22.9. The van der Waals surface area contributed by atoms with E-state index in [0.29, 0.717) is 6.04 Å². The van der Waals surface area contributed by atoms with Crippen molar-refractivity contribution in [2.24, 2.45) is 0 Å². The highest BCUT2D eigenvalue weighted by atomic mass is 15.2. The van der Waals surface area contributed by atoms with E-state index < -0.39 is 0 Å². The largest absolute Gasteiger partial charge is 0.323 e. The van der Waals surface area contributed by atoms with Crippen molar-refractivity contribution in [3.63, 3.8) is 0 Å². The van der Waals surface area contributed by atoms with E-state index in [2.05, 4.69) is 61.8 Å². The molecule has 0 spiro atoms. The third-order valence-corrected chi connectivity index (χ3v) is 5.01. The van der Waals surface area contributed by atoms with Crippen LogP contribution in [0.25, 0.3) is 0 Å². The Bertz CT molecular complexity index is 259. The van der Waals surface area contributed by atoms with E-state index in [4.69, 9.17) is 0 Å². The van der Waals surface area contributed by atoms with E-state index >= 15 is 0 Å². The zero-order valence-corrected chi connectivity index (χ0v) is 17.9. The minimum absolute atomic E-state index is 0.716. The first-order valence-electron chi connectivity index (χ1n) is 10.1. The molecule has 0 amide bonds. The minimum atomic E-state index is 0.716. The highest BCUT2D eigenvalue weighted by molar-refractivity contribution is 4.79. The van der Waals surface area contributed by atoms with Crippen LogP contribution in [0.1, 0.15) is 59.8 Å². The van der Waals surface area contributed by atoms with Crippen LogP contribution in [0.4, 0.5) is 0 Å². The number of rotatable bonds is 3. The first-order chi connectivity index (χ1) is 11.3. The second-order valence-electron chi connectivity index (χ2n) is 8.04. The van der Waals surface area contributed by atoms with Crippen LogP contribution < -0.4 is 5.32 Å². The average molecular weight is 343 g/mol. The van der Waals surface area contributed by atoms with Crippen LogP contribution in [0, 0.1) is 0 Å². The fourth-order valence-electron chi connectivity index (χ4n) is 3.31. The van der Waals surface area contributed by atoms with Gasteiger partial charge in [0.05, 0.1) is 0 Å². The van der Waals surface area contributed by atoms with Crippen LogP contribution in [-0.2, 0) is 0 Å². The molecule has 0 radical (unpaired) electrons. The highest BCUT2D eigenvalue weighted by Crippen LogP contribution is 2.15. The summed E-state index contributed by atoms with van der Waals surface area (Å²) < 4.78 is 0. The third-order valence-electron chi connectivity index (χ3n) is 5.01. The van der Waals surface area contributed by atoms with Gasteiger partial charge in [-0.25, -0.2) is 0 Å². The Morgan fingerprint density at radius 1 is 0.792 bits per heavy atom. The summed E-state index contributed by atoms with van der Waals surface area (Å²) in [7, 11) is 8.13. The molecule has 0 aromatic carbocycles. The Morgan fingerprint density at radius 3 is 1.62 bits per heavy atom. The predicted octanol–water partition coefficient (Wildman–Crippen LogP) is 3.14. The minimum Gasteiger partial charge on any atom is -0.323 e. The SMILES string of the molecule is CC(C)N1CCCC(N(C)C)C1.CC(C)N1CCCCC1.CNC. The molecule has 2 heterocycles. The van der Waals surface area contributed by atoms with Crippen molar-refractivity contribution in [1.82, 2.24) is 20.0 Å². The van der Waals surface area contributed by atoms with Crippen molar-refractivity contribution in [3.8, 4) is 0 Å². The fourth-order valence-corrected chi connectivity index (χ4v) is 3.31. The summed E-state index contributed by atoms with van der Waals surface area (Å²) in [5.74, 6) is 0. The average Bonchev–Trinajstić information content (AvgIpc) is 2.57. The number of hydrogen-bond acceptors (Lipinski definition) is 4. The van der Waals surface area contributed by atoms with E-state index in [1.54, 1.807) is 0 Å². The molecule has 1 N–H and O–H groups in total. The lowest BCUT2D eigenvalue weighted by molar-refractivity contribution is 0.109. The van der Waals surface area contributed by atoms with Gasteiger partial charge in [-0.15, -0.1) is 0 Å². The molecule has 0 saturated carbocycles. The van der Waals surface area contributed by atoms with Gasteiger partial charge in [0.25, 0.3) is 0 Å². The maximum Gasteiger partial charge on any atom is 0.0217 e. The van der Waals surface area contributed by atoms with Gasteiger partial charge in [0.1, 0.15) is 0 Å². The predicted molar refractivity (Wildman–Crippen MR) is 109 cm³/mol. The zero-order valence-electron chi connectivity index (χ0n) is 17.9. The molecule has 24 heavy (non-hydrogen) atoms. The van der Waals surface area contributed by atoms with Crippen LogP contribution in [0.15, 0.2) is 0 Å². The van der Waals surface area contributed by atoms with Crippen LogP contribution in [0.3, 0.4) is 0 Å². The molecule has 0 aromatic heterocycles. The van der Waals surface area contributed by atoms with Crippen molar-refractivity contribution < 1.29 is 0 Å². The number of nitrogens with one attached hydrogen (secondary N) is 1. The maximum atomic E-state index is 2.75. The van der Waals surface area contributed by atoms with E-state index in [-0.39, 0.29) is 0 Å². The van der Waals surface area contributed by atoms with Gasteiger partial charge in [-0.05, 0) is 101 Å². The van der Waals surface area contributed by atoms with Crippen molar-refractivity contribution in [1.29, 1.82) is 0 Å². The van der Waals surface area contributed by atoms with Gasteiger partial charge in [-0.1, -0.05) is 6.42 Å². The Balaban J connectivity index is 0.000000390. The number of piperidine rings is 2. The summed E-state index contributed by atoms with van der Waals surface area (Å²) in [6.45, 7) is 14.4. The quantitative estimate of drug-likeness (QED) is 0.850. The second-order valence-corrected chi connectivity index (χ2v) is 8.04. The van der Waals surface area contributed by atoms with Crippen molar-refractivity contribution in [2.75, 3.05) is 54.4 Å². The van der Waals surface area contributed by atoms with E-state index in [1.165, 1.54) is 58.3 Å². The Hall–Kier alpha value is -0.160. The molecule has 2 fully saturated rings. The lowest BCUT2D eigenvalue weighted by Gasteiger charge is -2.38. The van der Waals surface area contributed by atoms with Gasteiger partial charge in [0, 0.05) is 24.7 Å². The summed E-state index contributed by atoms with van der Waals surface area (Å²) in [5, 5.41) is 2.75. The summed E-state index contributed by atoms with van der Waals surface area (Å²) >= 11 is 0. The first kappa shape index (κ1) is 23.8. The van der Waals surface area contributed by atoms with Crippen molar-refractivity contribution >= 4 is 0 Å². The molecular formula is C20H46N4. The van der Waals surface area contributed by atoms with E-state index in [9.17, 15) is 0 Å². The summed E-state index contributed by atoms with van der Waals surface area (Å²) in [6.07, 6.45) is 7.01. The Kier molecular flexibility index (Phi) is 14.0. The fraction of sp³-hybridized carbons (Fsp3) is 1.00. The number of hydrogen-bond donors (Lipinski definition) is 1. The lowest BCUT2D eigenvalue weighted by Crippen LogP contribution is -2.47. The lowest BCUT2D eigenvalue weighted by atomic mass is 10.0. The Labute approximate surface area is 153 Å². The zero-order chi connectivity index (χ0) is 18.5. The summed E-state index contributed by atoms with van der Waals surface area (Å²) in [5.41, 5.74) is 0. The molecule has 4 nitrogen and oxygen atoms in total. The molecule has 4 heteroatoms.